The molecule has 2 aromatic rings. The molecule has 0 amide bonds. The third-order valence-electron chi connectivity index (χ3n) is 3.03. The van der Waals surface area contributed by atoms with Crippen LogP contribution < -0.4 is 10.5 Å². The highest BCUT2D eigenvalue weighted by Crippen LogP contribution is 2.15. The Hall–Kier alpha value is -2.82. The Labute approximate surface area is 129 Å². The van der Waals surface area contributed by atoms with E-state index in [1.54, 1.807) is 6.07 Å². The Morgan fingerprint density at radius 3 is 2.45 bits per heavy atom. The molecule has 114 valence electrons. The van der Waals surface area contributed by atoms with Gasteiger partial charge in [-0.25, -0.2) is 4.79 Å². The first-order chi connectivity index (χ1) is 10.6. The molecule has 0 fully saturated rings. The van der Waals surface area contributed by atoms with Crippen molar-refractivity contribution in [2.24, 2.45) is 10.9 Å². The molecule has 2 N–H and O–H groups in total. The average Bonchev–Trinajstić information content (AvgIpc) is 2.52. The van der Waals surface area contributed by atoms with Gasteiger partial charge in [-0.3, -0.25) is 0 Å². The standard InChI is InChI=1S/C17H18N2O3/c1-12-7-9-14(10-8-12)17(18)19-22-16(20)11-21-15-6-4-3-5-13(15)2/h3-10H,11H2,1-2H3,(H2,18,19). The summed E-state index contributed by atoms with van der Waals surface area (Å²) in [4.78, 5) is 16.4. The van der Waals surface area contributed by atoms with Crippen LogP contribution in [-0.2, 0) is 9.63 Å². The lowest BCUT2D eigenvalue weighted by Gasteiger charge is -2.07. The second kappa shape index (κ2) is 7.26. The largest absolute Gasteiger partial charge is 0.482 e. The average molecular weight is 298 g/mol. The lowest BCUT2D eigenvalue weighted by atomic mass is 10.1. The number of hydrogen-bond donors (Lipinski definition) is 1. The van der Waals surface area contributed by atoms with E-state index in [2.05, 4.69) is 5.16 Å². The first-order valence-electron chi connectivity index (χ1n) is 6.85. The molecule has 22 heavy (non-hydrogen) atoms. The number of carbonyl (C=O) groups is 1. The van der Waals surface area contributed by atoms with Crippen molar-refractivity contribution in [3.63, 3.8) is 0 Å². The van der Waals surface area contributed by atoms with Crippen LogP contribution in [0.3, 0.4) is 0 Å². The van der Waals surface area contributed by atoms with Crippen molar-refractivity contribution in [2.45, 2.75) is 13.8 Å². The predicted molar refractivity (Wildman–Crippen MR) is 84.7 cm³/mol. The SMILES string of the molecule is Cc1ccc(/C(N)=N\OC(=O)COc2ccccc2C)cc1. The summed E-state index contributed by atoms with van der Waals surface area (Å²) in [6.07, 6.45) is 0. The molecule has 0 heterocycles. The zero-order chi connectivity index (χ0) is 15.9. The molecule has 0 saturated heterocycles. The van der Waals surface area contributed by atoms with Crippen LogP contribution in [0, 0.1) is 13.8 Å². The topological polar surface area (TPSA) is 73.9 Å². The highest BCUT2D eigenvalue weighted by molar-refractivity contribution is 5.97. The van der Waals surface area contributed by atoms with Crippen LogP contribution in [0.2, 0.25) is 0 Å². The fourth-order valence-corrected chi connectivity index (χ4v) is 1.76. The minimum atomic E-state index is -0.613. The first kappa shape index (κ1) is 15.6. The zero-order valence-corrected chi connectivity index (χ0v) is 12.6. The highest BCUT2D eigenvalue weighted by atomic mass is 16.7. The Morgan fingerprint density at radius 1 is 1.09 bits per heavy atom. The van der Waals surface area contributed by atoms with E-state index in [1.807, 2.05) is 56.3 Å². The van der Waals surface area contributed by atoms with Gasteiger partial charge in [-0.05, 0) is 25.5 Å². The third-order valence-corrected chi connectivity index (χ3v) is 3.03. The van der Waals surface area contributed by atoms with Gasteiger partial charge in [0.05, 0.1) is 0 Å². The Kier molecular flexibility index (Phi) is 5.14. The van der Waals surface area contributed by atoms with Crippen LogP contribution in [0.15, 0.2) is 53.7 Å². The number of ether oxygens (including phenoxy) is 1. The maximum absolute atomic E-state index is 11.6. The van der Waals surface area contributed by atoms with Gasteiger partial charge >= 0.3 is 5.97 Å². The summed E-state index contributed by atoms with van der Waals surface area (Å²) < 4.78 is 5.37. The van der Waals surface area contributed by atoms with Crippen molar-refractivity contribution in [3.05, 3.63) is 65.2 Å². The lowest BCUT2D eigenvalue weighted by Crippen LogP contribution is -2.18. The number of nitrogens with zero attached hydrogens (tertiary/aromatic N) is 1. The van der Waals surface area contributed by atoms with Crippen molar-refractivity contribution in [3.8, 4) is 5.75 Å². The molecule has 0 unspecified atom stereocenters. The quantitative estimate of drug-likeness (QED) is 0.398. The number of nitrogens with two attached hydrogens (primary N) is 1. The molecule has 0 aliphatic rings. The summed E-state index contributed by atoms with van der Waals surface area (Å²) >= 11 is 0. The highest BCUT2D eigenvalue weighted by Gasteiger charge is 2.07. The van der Waals surface area contributed by atoms with Crippen LogP contribution in [0.5, 0.6) is 5.75 Å². The summed E-state index contributed by atoms with van der Waals surface area (Å²) in [7, 11) is 0. The van der Waals surface area contributed by atoms with Crippen LogP contribution in [0.4, 0.5) is 0 Å². The number of amidine groups is 1. The lowest BCUT2D eigenvalue weighted by molar-refractivity contribution is -0.146. The summed E-state index contributed by atoms with van der Waals surface area (Å²) in [5.74, 6) is 0.164. The Balaban J connectivity index is 1.88. The number of hydrogen-bond acceptors (Lipinski definition) is 4. The van der Waals surface area contributed by atoms with Gasteiger partial charge in [0.25, 0.3) is 0 Å². The fourth-order valence-electron chi connectivity index (χ4n) is 1.76. The molecule has 0 spiro atoms. The van der Waals surface area contributed by atoms with Gasteiger partial charge < -0.3 is 15.3 Å². The van der Waals surface area contributed by atoms with E-state index in [0.29, 0.717) is 11.3 Å². The van der Waals surface area contributed by atoms with Crippen LogP contribution >= 0.6 is 0 Å². The van der Waals surface area contributed by atoms with Crippen molar-refractivity contribution in [2.75, 3.05) is 6.61 Å². The molecule has 0 aliphatic heterocycles. The van der Waals surface area contributed by atoms with Crippen molar-refractivity contribution < 1.29 is 14.4 Å². The van der Waals surface area contributed by atoms with Gasteiger partial charge in [-0.15, -0.1) is 0 Å². The molecule has 0 aromatic heterocycles. The van der Waals surface area contributed by atoms with Crippen LogP contribution in [0.25, 0.3) is 0 Å². The molecule has 0 atom stereocenters. The van der Waals surface area contributed by atoms with Gasteiger partial charge in [0.15, 0.2) is 12.4 Å². The number of rotatable bonds is 5. The van der Waals surface area contributed by atoms with Gasteiger partial charge in [0.2, 0.25) is 0 Å². The molecule has 0 radical (unpaired) electrons. The fraction of sp³-hybridized carbons (Fsp3) is 0.176. The van der Waals surface area contributed by atoms with E-state index in [9.17, 15) is 4.79 Å². The number of oxime groups is 1. The molecule has 0 aliphatic carbocycles. The van der Waals surface area contributed by atoms with Crippen molar-refractivity contribution in [1.82, 2.24) is 0 Å². The van der Waals surface area contributed by atoms with E-state index < -0.39 is 5.97 Å². The summed E-state index contributed by atoms with van der Waals surface area (Å²) in [6.45, 7) is 3.64. The second-order valence-corrected chi connectivity index (χ2v) is 4.86. The third kappa shape index (κ3) is 4.34. The number of para-hydroxylation sites is 1. The molecule has 5 heteroatoms. The van der Waals surface area contributed by atoms with E-state index in [0.717, 1.165) is 11.1 Å². The molecular formula is C17H18N2O3. The Morgan fingerprint density at radius 2 is 1.77 bits per heavy atom. The predicted octanol–water partition coefficient (Wildman–Crippen LogP) is 2.55. The van der Waals surface area contributed by atoms with Crippen LogP contribution in [0.1, 0.15) is 16.7 Å². The molecule has 5 nitrogen and oxygen atoms in total. The molecule has 2 rings (SSSR count). The zero-order valence-electron chi connectivity index (χ0n) is 12.6. The number of carbonyl (C=O) groups excluding carboxylic acids is 1. The maximum atomic E-state index is 11.6. The van der Waals surface area contributed by atoms with Gasteiger partial charge in [0.1, 0.15) is 5.75 Å². The van der Waals surface area contributed by atoms with Gasteiger partial charge in [-0.2, -0.15) is 0 Å². The minimum absolute atomic E-state index is 0.143. The number of aryl methyl sites for hydroxylation is 2. The van der Waals surface area contributed by atoms with E-state index in [-0.39, 0.29) is 12.4 Å². The normalized spacial score (nSPS) is 11.1. The summed E-state index contributed by atoms with van der Waals surface area (Å²) in [5, 5.41) is 3.62. The van der Waals surface area contributed by atoms with E-state index in [1.165, 1.54) is 0 Å². The van der Waals surface area contributed by atoms with Crippen LogP contribution in [-0.4, -0.2) is 18.4 Å². The first-order valence-corrected chi connectivity index (χ1v) is 6.85. The van der Waals surface area contributed by atoms with Crippen molar-refractivity contribution >= 4 is 11.8 Å². The monoisotopic (exact) mass is 298 g/mol. The van der Waals surface area contributed by atoms with E-state index in [4.69, 9.17) is 15.3 Å². The smallest absolute Gasteiger partial charge is 0.372 e. The second-order valence-electron chi connectivity index (χ2n) is 4.86. The molecule has 0 saturated carbocycles. The molecular weight excluding hydrogens is 280 g/mol. The molecule has 0 bridgehead atoms. The minimum Gasteiger partial charge on any atom is -0.482 e. The van der Waals surface area contributed by atoms with Crippen molar-refractivity contribution in [1.29, 1.82) is 0 Å². The molecule has 2 aromatic carbocycles. The summed E-state index contributed by atoms with van der Waals surface area (Å²) in [5.41, 5.74) is 8.50. The van der Waals surface area contributed by atoms with Gasteiger partial charge in [0, 0.05) is 5.56 Å². The number of benzene rings is 2. The van der Waals surface area contributed by atoms with Gasteiger partial charge in [-0.1, -0.05) is 53.2 Å². The maximum Gasteiger partial charge on any atom is 0.372 e. The Bertz CT molecular complexity index is 679. The summed E-state index contributed by atoms with van der Waals surface area (Å²) in [6, 6.07) is 14.8. The van der Waals surface area contributed by atoms with E-state index >= 15 is 0 Å².